The minimum Gasteiger partial charge on any atom is -0.475 e. The van der Waals surface area contributed by atoms with Crippen LogP contribution in [0.15, 0.2) is 12.3 Å². The molecule has 0 spiro atoms. The van der Waals surface area contributed by atoms with E-state index in [0.717, 1.165) is 5.69 Å². The predicted molar refractivity (Wildman–Crippen MR) is 80.7 cm³/mol. The molecule has 0 aromatic carbocycles. The van der Waals surface area contributed by atoms with Crippen molar-refractivity contribution in [3.05, 3.63) is 18.0 Å². The van der Waals surface area contributed by atoms with Crippen molar-refractivity contribution >= 4 is 11.9 Å². The lowest BCUT2D eigenvalue weighted by molar-refractivity contribution is -0.192. The normalized spacial score (nSPS) is 17.4. The first kappa shape index (κ1) is 20.9. The van der Waals surface area contributed by atoms with Gasteiger partial charge >= 0.3 is 12.1 Å². The molecule has 142 valence electrons. The number of hydrogen-bond acceptors (Lipinski definition) is 5. The summed E-state index contributed by atoms with van der Waals surface area (Å²) < 4.78 is 39.1. The van der Waals surface area contributed by atoms with Gasteiger partial charge in [-0.05, 0) is 20.2 Å². The molecule has 25 heavy (non-hydrogen) atoms. The molecular weight excluding hydrogens is 345 g/mol. The third-order valence-corrected chi connectivity index (χ3v) is 3.34. The van der Waals surface area contributed by atoms with E-state index in [-0.39, 0.29) is 12.0 Å². The van der Waals surface area contributed by atoms with Crippen molar-refractivity contribution < 1.29 is 32.6 Å². The highest BCUT2D eigenvalue weighted by Gasteiger charge is 2.38. The number of hydrogen-bond donors (Lipinski definition) is 1. The lowest BCUT2D eigenvalue weighted by atomic mass is 10.3. The number of carboxylic acids is 1. The number of carbonyl (C=O) groups excluding carboxylic acids is 1. The van der Waals surface area contributed by atoms with E-state index in [1.807, 2.05) is 34.6 Å². The fourth-order valence-electron chi connectivity index (χ4n) is 2.12. The Labute approximate surface area is 142 Å². The van der Waals surface area contributed by atoms with Gasteiger partial charge in [-0.3, -0.25) is 9.48 Å². The Bertz CT molecular complexity index is 589. The highest BCUT2D eigenvalue weighted by Crippen LogP contribution is 2.14. The third-order valence-electron chi connectivity index (χ3n) is 3.34. The van der Waals surface area contributed by atoms with Crippen LogP contribution >= 0.6 is 0 Å². The molecule has 2 heterocycles. The average Bonchev–Trinajstić information content (AvgIpc) is 2.83. The topological polar surface area (TPSA) is 87.9 Å². The number of methoxy groups -OCH3 is 1. The number of nitrogens with zero attached hydrogens (tertiary/aromatic N) is 4. The van der Waals surface area contributed by atoms with Gasteiger partial charge in [-0.25, -0.2) is 4.79 Å². The first-order chi connectivity index (χ1) is 11.5. The largest absolute Gasteiger partial charge is 0.490 e. The third kappa shape index (κ3) is 6.70. The Morgan fingerprint density at radius 2 is 2.00 bits per heavy atom. The van der Waals surface area contributed by atoms with Crippen molar-refractivity contribution in [1.82, 2.24) is 19.6 Å². The number of alkyl halides is 3. The summed E-state index contributed by atoms with van der Waals surface area (Å²) in [5, 5.41) is 11.4. The van der Waals surface area contributed by atoms with Crippen LogP contribution in [0.1, 0.15) is 5.69 Å². The number of amides is 1. The zero-order valence-electron chi connectivity index (χ0n) is 14.2. The number of likely N-dealkylation sites (N-methyl/N-ethyl adjacent to an activating group) is 1. The molecule has 11 heteroatoms. The Morgan fingerprint density at radius 1 is 1.40 bits per heavy atom. The van der Waals surface area contributed by atoms with Gasteiger partial charge in [0.15, 0.2) is 0 Å². The van der Waals surface area contributed by atoms with Crippen LogP contribution in [0.4, 0.5) is 13.2 Å². The molecule has 0 fully saturated rings. The van der Waals surface area contributed by atoms with Crippen LogP contribution in [0.25, 0.3) is 0 Å². The molecule has 1 aliphatic heterocycles. The Balaban J connectivity index is 0.000000381. The summed E-state index contributed by atoms with van der Waals surface area (Å²) in [4.78, 5) is 24.8. The van der Waals surface area contributed by atoms with Gasteiger partial charge in [-0.15, -0.1) is 0 Å². The summed E-state index contributed by atoms with van der Waals surface area (Å²) in [6.07, 6.45) is -3.32. The molecule has 1 aromatic rings. The first-order valence-electron chi connectivity index (χ1n) is 7.30. The summed E-state index contributed by atoms with van der Waals surface area (Å²) in [6.45, 7) is 2.34. The number of aromatic nitrogens is 2. The second kappa shape index (κ2) is 8.81. The van der Waals surface area contributed by atoms with E-state index in [2.05, 4.69) is 5.10 Å². The molecule has 0 aliphatic carbocycles. The van der Waals surface area contributed by atoms with Crippen LogP contribution in [0, 0.1) is 0 Å². The van der Waals surface area contributed by atoms with Crippen LogP contribution in [0.2, 0.25) is 0 Å². The van der Waals surface area contributed by atoms with Crippen molar-refractivity contribution in [3.8, 4) is 0 Å². The second-order valence-corrected chi connectivity index (χ2v) is 5.68. The van der Waals surface area contributed by atoms with Gasteiger partial charge in [-0.2, -0.15) is 18.3 Å². The van der Waals surface area contributed by atoms with Crippen molar-refractivity contribution in [2.24, 2.45) is 0 Å². The molecule has 8 nitrogen and oxygen atoms in total. The molecule has 0 saturated heterocycles. The Morgan fingerprint density at radius 3 is 2.48 bits per heavy atom. The van der Waals surface area contributed by atoms with E-state index in [4.69, 9.17) is 14.6 Å². The number of halogens is 3. The molecule has 1 aromatic heterocycles. The highest BCUT2D eigenvalue weighted by molar-refractivity contribution is 5.78. The van der Waals surface area contributed by atoms with E-state index in [9.17, 15) is 18.0 Å². The molecule has 0 saturated carbocycles. The molecule has 1 aliphatic rings. The smallest absolute Gasteiger partial charge is 0.475 e. The summed E-state index contributed by atoms with van der Waals surface area (Å²) in [5.41, 5.74) is 1.06. The van der Waals surface area contributed by atoms with Crippen molar-refractivity contribution in [2.45, 2.75) is 25.4 Å². The maximum absolute atomic E-state index is 12.2. The quantitative estimate of drug-likeness (QED) is 0.835. The second-order valence-electron chi connectivity index (χ2n) is 5.68. The van der Waals surface area contributed by atoms with Gasteiger partial charge < -0.3 is 19.6 Å². The van der Waals surface area contributed by atoms with E-state index in [0.29, 0.717) is 26.2 Å². The average molecular weight is 366 g/mol. The van der Waals surface area contributed by atoms with Crippen LogP contribution in [-0.4, -0.2) is 83.1 Å². The minimum atomic E-state index is -5.08. The van der Waals surface area contributed by atoms with Gasteiger partial charge in [-0.1, -0.05) is 0 Å². The minimum absolute atomic E-state index is 0.00253. The number of rotatable bonds is 3. The van der Waals surface area contributed by atoms with Gasteiger partial charge in [0.2, 0.25) is 5.91 Å². The number of aliphatic carboxylic acids is 1. The number of ether oxygens (including phenoxy) is 1. The van der Waals surface area contributed by atoms with Gasteiger partial charge in [0, 0.05) is 19.9 Å². The van der Waals surface area contributed by atoms with Crippen LogP contribution in [-0.2, 0) is 27.4 Å². The maximum atomic E-state index is 12.2. The van der Waals surface area contributed by atoms with Crippen molar-refractivity contribution in [2.75, 3.05) is 34.3 Å². The van der Waals surface area contributed by atoms with Gasteiger partial charge in [0.25, 0.3) is 0 Å². The zero-order chi connectivity index (χ0) is 19.2. The maximum Gasteiger partial charge on any atom is 0.490 e. The standard InChI is InChI=1S/C12H20N4O2.C2HF3O2/c1-14(2)9-12(17)15-6-10-4-5-13-16(10)8-11(7-15)18-3;3-2(4,5)1(6)7/h4-5,11H,6-9H2,1-3H3;(H,6,7). The van der Waals surface area contributed by atoms with Gasteiger partial charge in [0.1, 0.15) is 0 Å². The van der Waals surface area contributed by atoms with E-state index >= 15 is 0 Å². The molecular formula is C14H21F3N4O4. The molecule has 1 N–H and O–H groups in total. The monoisotopic (exact) mass is 366 g/mol. The van der Waals surface area contributed by atoms with Crippen molar-refractivity contribution in [3.63, 3.8) is 0 Å². The molecule has 0 bridgehead atoms. The Hall–Kier alpha value is -2.14. The predicted octanol–water partition coefficient (Wildman–Crippen LogP) is 0.435. The molecule has 1 atom stereocenters. The summed E-state index contributed by atoms with van der Waals surface area (Å²) in [6, 6.07) is 1.95. The number of carboxylic acid groups (broad SMARTS) is 1. The summed E-state index contributed by atoms with van der Waals surface area (Å²) in [5.74, 6) is -2.63. The van der Waals surface area contributed by atoms with E-state index < -0.39 is 12.1 Å². The van der Waals surface area contributed by atoms with Crippen LogP contribution in [0.3, 0.4) is 0 Å². The molecule has 1 amide bonds. The first-order valence-corrected chi connectivity index (χ1v) is 7.30. The summed E-state index contributed by atoms with van der Waals surface area (Å²) >= 11 is 0. The fraction of sp³-hybridized carbons (Fsp3) is 0.643. The van der Waals surface area contributed by atoms with Crippen LogP contribution < -0.4 is 0 Å². The zero-order valence-corrected chi connectivity index (χ0v) is 14.2. The molecule has 1 unspecified atom stereocenters. The van der Waals surface area contributed by atoms with Gasteiger partial charge in [0.05, 0.1) is 31.4 Å². The van der Waals surface area contributed by atoms with Crippen LogP contribution in [0.5, 0.6) is 0 Å². The Kier molecular flexibility index (Phi) is 7.37. The highest BCUT2D eigenvalue weighted by atomic mass is 19.4. The van der Waals surface area contributed by atoms with E-state index in [1.165, 1.54) is 0 Å². The molecule has 2 rings (SSSR count). The number of carbonyl (C=O) groups is 2. The molecule has 0 radical (unpaired) electrons. The number of fused-ring (bicyclic) bond motifs is 1. The van der Waals surface area contributed by atoms with Crippen molar-refractivity contribution in [1.29, 1.82) is 0 Å². The SMILES string of the molecule is COC1CN(C(=O)CN(C)C)Cc2ccnn2C1.O=C(O)C(F)(F)F. The summed E-state index contributed by atoms with van der Waals surface area (Å²) in [7, 11) is 5.47. The fourth-order valence-corrected chi connectivity index (χ4v) is 2.12. The van der Waals surface area contributed by atoms with E-state index in [1.54, 1.807) is 13.3 Å². The lowest BCUT2D eigenvalue weighted by Gasteiger charge is -2.24. The lowest BCUT2D eigenvalue weighted by Crippen LogP contribution is -2.41.